The first kappa shape index (κ1) is 15.8. The average molecular weight is 363 g/mol. The largest absolute Gasteiger partial charge is 0.481 e. The Labute approximate surface area is 131 Å². The molecule has 6 heteroatoms. The molecule has 4 nitrogen and oxygen atoms in total. The lowest BCUT2D eigenvalue weighted by Crippen LogP contribution is -2.44. The van der Waals surface area contributed by atoms with Crippen molar-refractivity contribution in [1.29, 1.82) is 0 Å². The van der Waals surface area contributed by atoms with E-state index in [1.54, 1.807) is 0 Å². The summed E-state index contributed by atoms with van der Waals surface area (Å²) in [5.41, 5.74) is 1.05. The van der Waals surface area contributed by atoms with E-state index in [-0.39, 0.29) is 18.6 Å². The third kappa shape index (κ3) is 3.95. The van der Waals surface area contributed by atoms with E-state index < -0.39 is 5.97 Å². The van der Waals surface area contributed by atoms with E-state index in [9.17, 15) is 4.79 Å². The second-order valence-electron chi connectivity index (χ2n) is 4.93. The SMILES string of the molecule is CC(c1ccc(Br)cc1Cl)N1CCOC(CC(=O)O)C1. The van der Waals surface area contributed by atoms with Crippen LogP contribution in [0.25, 0.3) is 0 Å². The van der Waals surface area contributed by atoms with Gasteiger partial charge >= 0.3 is 5.97 Å². The summed E-state index contributed by atoms with van der Waals surface area (Å²) in [6.45, 7) is 4.03. The monoisotopic (exact) mass is 361 g/mol. The van der Waals surface area contributed by atoms with E-state index in [1.165, 1.54) is 0 Å². The Morgan fingerprint density at radius 3 is 3.05 bits per heavy atom. The highest BCUT2D eigenvalue weighted by Gasteiger charge is 2.27. The summed E-state index contributed by atoms with van der Waals surface area (Å²) in [6.07, 6.45) is -0.213. The minimum Gasteiger partial charge on any atom is -0.481 e. The van der Waals surface area contributed by atoms with E-state index in [4.69, 9.17) is 21.4 Å². The molecule has 0 aliphatic carbocycles. The molecule has 2 atom stereocenters. The Kier molecular flexibility index (Phi) is 5.43. The summed E-state index contributed by atoms with van der Waals surface area (Å²) in [7, 11) is 0. The van der Waals surface area contributed by atoms with Gasteiger partial charge in [-0.1, -0.05) is 33.6 Å². The first-order valence-electron chi connectivity index (χ1n) is 6.49. The van der Waals surface area contributed by atoms with Crippen LogP contribution < -0.4 is 0 Å². The molecule has 1 aliphatic rings. The van der Waals surface area contributed by atoms with Gasteiger partial charge in [0.1, 0.15) is 0 Å². The van der Waals surface area contributed by atoms with Crippen LogP contribution in [0.4, 0.5) is 0 Å². The number of ether oxygens (including phenoxy) is 1. The van der Waals surface area contributed by atoms with Crippen LogP contribution in [-0.4, -0.2) is 41.8 Å². The lowest BCUT2D eigenvalue weighted by Gasteiger charge is -2.36. The number of hydrogen-bond donors (Lipinski definition) is 1. The van der Waals surface area contributed by atoms with Gasteiger partial charge in [0.15, 0.2) is 0 Å². The van der Waals surface area contributed by atoms with E-state index in [0.29, 0.717) is 18.2 Å². The lowest BCUT2D eigenvalue weighted by atomic mass is 10.1. The number of carboxylic acids is 1. The molecule has 2 unspecified atom stereocenters. The molecule has 1 saturated heterocycles. The van der Waals surface area contributed by atoms with Gasteiger partial charge in [0.05, 0.1) is 19.1 Å². The molecule has 20 heavy (non-hydrogen) atoms. The molecule has 1 aromatic rings. The van der Waals surface area contributed by atoms with Crippen molar-refractivity contribution in [1.82, 2.24) is 4.90 Å². The van der Waals surface area contributed by atoms with Gasteiger partial charge < -0.3 is 9.84 Å². The number of benzene rings is 1. The van der Waals surface area contributed by atoms with Gasteiger partial charge in [-0.2, -0.15) is 0 Å². The maximum absolute atomic E-state index is 10.8. The fourth-order valence-electron chi connectivity index (χ4n) is 2.45. The first-order valence-corrected chi connectivity index (χ1v) is 7.67. The first-order chi connectivity index (χ1) is 9.47. The zero-order chi connectivity index (χ0) is 14.7. The number of aliphatic carboxylic acids is 1. The fraction of sp³-hybridized carbons (Fsp3) is 0.500. The second kappa shape index (κ2) is 6.89. The number of carbonyl (C=O) groups is 1. The molecule has 0 amide bonds. The molecule has 1 fully saturated rings. The summed E-state index contributed by atoms with van der Waals surface area (Å²) in [4.78, 5) is 13.0. The van der Waals surface area contributed by atoms with E-state index in [0.717, 1.165) is 16.6 Å². The minimum atomic E-state index is -0.828. The molecule has 1 aliphatic heterocycles. The molecule has 0 bridgehead atoms. The predicted molar refractivity (Wildman–Crippen MR) is 81.1 cm³/mol. The van der Waals surface area contributed by atoms with Crippen molar-refractivity contribution in [3.8, 4) is 0 Å². The third-order valence-electron chi connectivity index (χ3n) is 3.53. The van der Waals surface area contributed by atoms with Gasteiger partial charge in [0.25, 0.3) is 0 Å². The van der Waals surface area contributed by atoms with Gasteiger partial charge in [0, 0.05) is 28.6 Å². The maximum Gasteiger partial charge on any atom is 0.306 e. The number of hydrogen-bond acceptors (Lipinski definition) is 3. The van der Waals surface area contributed by atoms with Crippen molar-refractivity contribution in [3.63, 3.8) is 0 Å². The quantitative estimate of drug-likeness (QED) is 0.892. The molecule has 2 rings (SSSR count). The molecule has 0 spiro atoms. The van der Waals surface area contributed by atoms with E-state index in [1.807, 2.05) is 18.2 Å². The van der Waals surface area contributed by atoms with Gasteiger partial charge in [-0.25, -0.2) is 0 Å². The van der Waals surface area contributed by atoms with E-state index in [2.05, 4.69) is 27.8 Å². The standard InChI is InChI=1S/C14H17BrClNO3/c1-9(12-3-2-10(15)6-13(12)16)17-4-5-20-11(8-17)7-14(18)19/h2-3,6,9,11H,4-5,7-8H2,1H3,(H,18,19). The molecule has 0 radical (unpaired) electrons. The predicted octanol–water partition coefficient (Wildman–Crippen LogP) is 3.34. The molecule has 110 valence electrons. The molecule has 0 aromatic heterocycles. The number of rotatable bonds is 4. The van der Waals surface area contributed by atoms with Crippen LogP contribution in [0.1, 0.15) is 24.9 Å². The topological polar surface area (TPSA) is 49.8 Å². The Hall–Kier alpha value is -0.620. The average Bonchev–Trinajstić information content (AvgIpc) is 2.37. The fourth-order valence-corrected chi connectivity index (χ4v) is 3.28. The molecule has 1 heterocycles. The van der Waals surface area contributed by atoms with Crippen LogP contribution in [0.2, 0.25) is 5.02 Å². The highest BCUT2D eigenvalue weighted by molar-refractivity contribution is 9.10. The Balaban J connectivity index is 2.08. The van der Waals surface area contributed by atoms with Crippen LogP contribution in [0.15, 0.2) is 22.7 Å². The molecule has 1 aromatic carbocycles. The van der Waals surface area contributed by atoms with Crippen LogP contribution in [0.3, 0.4) is 0 Å². The van der Waals surface area contributed by atoms with Crippen molar-refractivity contribution in [2.24, 2.45) is 0 Å². The maximum atomic E-state index is 10.8. The van der Waals surface area contributed by atoms with Crippen LogP contribution >= 0.6 is 27.5 Å². The Morgan fingerprint density at radius 2 is 2.40 bits per heavy atom. The number of halogens is 2. The molecule has 1 N–H and O–H groups in total. The van der Waals surface area contributed by atoms with Crippen LogP contribution in [0.5, 0.6) is 0 Å². The van der Waals surface area contributed by atoms with E-state index >= 15 is 0 Å². The summed E-state index contributed by atoms with van der Waals surface area (Å²) in [5.74, 6) is -0.828. The van der Waals surface area contributed by atoms with Gasteiger partial charge in [-0.15, -0.1) is 0 Å². The Morgan fingerprint density at radius 1 is 1.65 bits per heavy atom. The summed E-state index contributed by atoms with van der Waals surface area (Å²) >= 11 is 9.68. The number of carboxylic acid groups (broad SMARTS) is 1. The normalized spacial score (nSPS) is 21.6. The minimum absolute atomic E-state index is 0.0390. The zero-order valence-electron chi connectivity index (χ0n) is 11.2. The number of nitrogens with zero attached hydrogens (tertiary/aromatic N) is 1. The third-order valence-corrected chi connectivity index (χ3v) is 4.35. The molecule has 0 saturated carbocycles. The van der Waals surface area contributed by atoms with Crippen LogP contribution in [-0.2, 0) is 9.53 Å². The Bertz CT molecular complexity index is 497. The van der Waals surface area contributed by atoms with Crippen molar-refractivity contribution in [3.05, 3.63) is 33.3 Å². The summed E-state index contributed by atoms with van der Waals surface area (Å²) in [5, 5.41) is 9.57. The van der Waals surface area contributed by atoms with Crippen molar-refractivity contribution >= 4 is 33.5 Å². The van der Waals surface area contributed by atoms with Gasteiger partial charge in [-0.3, -0.25) is 9.69 Å². The van der Waals surface area contributed by atoms with Crippen molar-refractivity contribution in [2.75, 3.05) is 19.7 Å². The van der Waals surface area contributed by atoms with Gasteiger partial charge in [0.2, 0.25) is 0 Å². The number of morpholine rings is 1. The smallest absolute Gasteiger partial charge is 0.306 e. The molecular formula is C14H17BrClNO3. The van der Waals surface area contributed by atoms with Crippen molar-refractivity contribution in [2.45, 2.75) is 25.5 Å². The lowest BCUT2D eigenvalue weighted by molar-refractivity contribution is -0.142. The highest BCUT2D eigenvalue weighted by Crippen LogP contribution is 2.30. The van der Waals surface area contributed by atoms with Crippen molar-refractivity contribution < 1.29 is 14.6 Å². The van der Waals surface area contributed by atoms with Crippen LogP contribution in [0, 0.1) is 0 Å². The van der Waals surface area contributed by atoms with Gasteiger partial charge in [-0.05, 0) is 24.6 Å². The highest BCUT2D eigenvalue weighted by atomic mass is 79.9. The second-order valence-corrected chi connectivity index (χ2v) is 6.25. The molecular weight excluding hydrogens is 346 g/mol. The summed E-state index contributed by atoms with van der Waals surface area (Å²) in [6, 6.07) is 5.98. The zero-order valence-corrected chi connectivity index (χ0v) is 13.5. The summed E-state index contributed by atoms with van der Waals surface area (Å²) < 4.78 is 6.44.